The Morgan fingerprint density at radius 2 is 2.50 bits per heavy atom. The lowest BCUT2D eigenvalue weighted by atomic mass is 10.2. The van der Waals surface area contributed by atoms with Crippen molar-refractivity contribution in [1.82, 2.24) is 4.98 Å². The van der Waals surface area contributed by atoms with Gasteiger partial charge in [-0.05, 0) is 6.07 Å². The van der Waals surface area contributed by atoms with Crippen LogP contribution in [0.15, 0.2) is 12.3 Å². The number of pyridine rings is 1. The van der Waals surface area contributed by atoms with Crippen LogP contribution in [0.5, 0.6) is 0 Å². The molecule has 3 nitrogen and oxygen atoms in total. The fourth-order valence-electron chi connectivity index (χ4n) is 1.79. The molecular formula is C11H15ClN2OS. The molecule has 0 aromatic carbocycles. The summed E-state index contributed by atoms with van der Waals surface area (Å²) in [6.07, 6.45) is 1.62. The number of thioether (sulfide) groups is 1. The van der Waals surface area contributed by atoms with Gasteiger partial charge in [-0.2, -0.15) is 11.8 Å². The van der Waals surface area contributed by atoms with E-state index in [2.05, 4.69) is 16.8 Å². The molecule has 1 saturated heterocycles. The molecule has 16 heavy (non-hydrogen) atoms. The van der Waals surface area contributed by atoms with Crippen molar-refractivity contribution in [2.45, 2.75) is 18.8 Å². The summed E-state index contributed by atoms with van der Waals surface area (Å²) in [5.74, 6) is 2.04. The van der Waals surface area contributed by atoms with Gasteiger partial charge in [0.25, 0.3) is 0 Å². The number of hydrogen-bond acceptors (Lipinski definition) is 4. The normalized spacial score (nSPS) is 21.2. The maximum absolute atomic E-state index is 9.16. The minimum Gasteiger partial charge on any atom is -0.392 e. The number of hydrogen-bond donors (Lipinski definition) is 1. The van der Waals surface area contributed by atoms with Crippen molar-refractivity contribution in [2.24, 2.45) is 0 Å². The molecule has 5 heteroatoms. The van der Waals surface area contributed by atoms with Crippen LogP contribution in [0.2, 0.25) is 5.02 Å². The molecule has 88 valence electrons. The van der Waals surface area contributed by atoms with Crippen LogP contribution < -0.4 is 4.90 Å². The van der Waals surface area contributed by atoms with Gasteiger partial charge in [-0.1, -0.05) is 18.5 Å². The lowest BCUT2D eigenvalue weighted by Gasteiger charge is -2.31. The fraction of sp³-hybridized carbons (Fsp3) is 0.545. The zero-order chi connectivity index (χ0) is 11.5. The Labute approximate surface area is 105 Å². The number of nitrogens with zero attached hydrogens (tertiary/aromatic N) is 2. The first-order valence-corrected chi connectivity index (χ1v) is 6.75. The molecule has 1 aliphatic rings. The van der Waals surface area contributed by atoms with Gasteiger partial charge in [-0.3, -0.25) is 0 Å². The molecule has 2 heterocycles. The summed E-state index contributed by atoms with van der Waals surface area (Å²) in [6, 6.07) is 1.88. The lowest BCUT2D eigenvalue weighted by molar-refractivity contribution is 0.282. The average Bonchev–Trinajstić information content (AvgIpc) is 2.29. The summed E-state index contributed by atoms with van der Waals surface area (Å²) in [5.41, 5.74) is 0.748. The Kier molecular flexibility index (Phi) is 3.95. The van der Waals surface area contributed by atoms with Gasteiger partial charge in [0.05, 0.1) is 11.6 Å². The number of rotatable bonds is 2. The summed E-state index contributed by atoms with van der Waals surface area (Å²) in [7, 11) is 0. The largest absolute Gasteiger partial charge is 0.392 e. The standard InChI is InChI=1S/C11H15ClN2OS/c1-8-6-14(2-3-16-8)11-4-9(7-15)10(12)5-13-11/h4-5,8,15H,2-3,6-7H2,1H3. The first-order chi connectivity index (χ1) is 7.70. The van der Waals surface area contributed by atoms with E-state index in [9.17, 15) is 0 Å². The predicted molar refractivity (Wildman–Crippen MR) is 69.3 cm³/mol. The molecule has 0 spiro atoms. The first-order valence-electron chi connectivity index (χ1n) is 5.32. The van der Waals surface area contributed by atoms with Gasteiger partial charge in [0.2, 0.25) is 0 Å². The van der Waals surface area contributed by atoms with Crippen molar-refractivity contribution in [2.75, 3.05) is 23.7 Å². The van der Waals surface area contributed by atoms with Gasteiger partial charge in [0.15, 0.2) is 0 Å². The third-order valence-electron chi connectivity index (χ3n) is 2.66. The molecular weight excluding hydrogens is 244 g/mol. The molecule has 1 fully saturated rings. The van der Waals surface area contributed by atoms with Crippen LogP contribution in [-0.4, -0.2) is 34.2 Å². The van der Waals surface area contributed by atoms with Crippen molar-refractivity contribution in [3.05, 3.63) is 22.8 Å². The van der Waals surface area contributed by atoms with E-state index in [4.69, 9.17) is 16.7 Å². The number of halogens is 1. The van der Waals surface area contributed by atoms with Crippen LogP contribution in [-0.2, 0) is 6.61 Å². The van der Waals surface area contributed by atoms with Crippen LogP contribution in [0.4, 0.5) is 5.82 Å². The van der Waals surface area contributed by atoms with E-state index in [1.54, 1.807) is 6.20 Å². The molecule has 1 aliphatic heterocycles. The van der Waals surface area contributed by atoms with Crippen LogP contribution >= 0.6 is 23.4 Å². The van der Waals surface area contributed by atoms with Crippen molar-refractivity contribution in [1.29, 1.82) is 0 Å². The molecule has 1 N–H and O–H groups in total. The van der Waals surface area contributed by atoms with E-state index in [1.165, 1.54) is 0 Å². The average molecular weight is 259 g/mol. The minimum absolute atomic E-state index is 0.0352. The van der Waals surface area contributed by atoms with Crippen LogP contribution in [0.3, 0.4) is 0 Å². The van der Waals surface area contributed by atoms with E-state index in [0.29, 0.717) is 10.3 Å². The second-order valence-corrected chi connectivity index (χ2v) is 5.87. The predicted octanol–water partition coefficient (Wildman–Crippen LogP) is 2.17. The molecule has 2 rings (SSSR count). The number of anilines is 1. The van der Waals surface area contributed by atoms with Crippen LogP contribution in [0, 0.1) is 0 Å². The quantitative estimate of drug-likeness (QED) is 0.882. The van der Waals surface area contributed by atoms with Gasteiger partial charge in [-0.15, -0.1) is 0 Å². The van der Waals surface area contributed by atoms with Crippen molar-refractivity contribution in [3.63, 3.8) is 0 Å². The Morgan fingerprint density at radius 1 is 1.69 bits per heavy atom. The second-order valence-electron chi connectivity index (χ2n) is 3.92. The smallest absolute Gasteiger partial charge is 0.129 e. The van der Waals surface area contributed by atoms with Crippen molar-refractivity contribution in [3.8, 4) is 0 Å². The van der Waals surface area contributed by atoms with Gasteiger partial charge in [0, 0.05) is 35.9 Å². The Morgan fingerprint density at radius 3 is 3.19 bits per heavy atom. The maximum Gasteiger partial charge on any atom is 0.129 e. The minimum atomic E-state index is -0.0352. The molecule has 0 radical (unpaired) electrons. The maximum atomic E-state index is 9.16. The van der Waals surface area contributed by atoms with E-state index in [-0.39, 0.29) is 6.61 Å². The van der Waals surface area contributed by atoms with E-state index < -0.39 is 0 Å². The topological polar surface area (TPSA) is 36.4 Å². The van der Waals surface area contributed by atoms with Crippen molar-refractivity contribution >= 4 is 29.2 Å². The summed E-state index contributed by atoms with van der Waals surface area (Å²) >= 11 is 7.90. The number of aliphatic hydroxyl groups excluding tert-OH is 1. The third kappa shape index (κ3) is 2.62. The first kappa shape index (κ1) is 12.0. The zero-order valence-corrected chi connectivity index (χ0v) is 10.8. The molecule has 0 amide bonds. The molecule has 0 aliphatic carbocycles. The molecule has 1 atom stereocenters. The monoisotopic (exact) mass is 258 g/mol. The number of aliphatic hydroxyl groups is 1. The molecule has 1 aromatic heterocycles. The highest BCUT2D eigenvalue weighted by Gasteiger charge is 2.18. The second kappa shape index (κ2) is 5.25. The highest BCUT2D eigenvalue weighted by molar-refractivity contribution is 8.00. The Bertz CT molecular complexity index is 375. The molecule has 1 unspecified atom stereocenters. The SMILES string of the molecule is CC1CN(c2cc(CO)c(Cl)cn2)CCS1. The van der Waals surface area contributed by atoms with Gasteiger partial charge in [0.1, 0.15) is 5.82 Å². The summed E-state index contributed by atoms with van der Waals surface area (Å²) in [5, 5.41) is 10.3. The molecule has 1 aromatic rings. The Hall–Kier alpha value is -0.450. The van der Waals surface area contributed by atoms with E-state index in [0.717, 1.165) is 30.2 Å². The van der Waals surface area contributed by atoms with Gasteiger partial charge >= 0.3 is 0 Å². The summed E-state index contributed by atoms with van der Waals surface area (Å²) in [4.78, 5) is 6.57. The summed E-state index contributed by atoms with van der Waals surface area (Å²) in [6.45, 7) is 4.20. The van der Waals surface area contributed by atoms with Crippen LogP contribution in [0.1, 0.15) is 12.5 Å². The van der Waals surface area contributed by atoms with E-state index in [1.807, 2.05) is 17.8 Å². The molecule has 0 saturated carbocycles. The third-order valence-corrected chi connectivity index (χ3v) is 4.13. The zero-order valence-electron chi connectivity index (χ0n) is 9.19. The highest BCUT2D eigenvalue weighted by Crippen LogP contribution is 2.25. The number of aromatic nitrogens is 1. The van der Waals surface area contributed by atoms with Crippen LogP contribution in [0.25, 0.3) is 0 Å². The van der Waals surface area contributed by atoms with Gasteiger partial charge in [-0.25, -0.2) is 4.98 Å². The van der Waals surface area contributed by atoms with Gasteiger partial charge < -0.3 is 10.0 Å². The van der Waals surface area contributed by atoms with Crippen molar-refractivity contribution < 1.29 is 5.11 Å². The van der Waals surface area contributed by atoms with E-state index >= 15 is 0 Å². The molecule has 0 bridgehead atoms. The lowest BCUT2D eigenvalue weighted by Crippen LogP contribution is -2.37. The highest BCUT2D eigenvalue weighted by atomic mass is 35.5. The fourth-order valence-corrected chi connectivity index (χ4v) is 2.97. The summed E-state index contributed by atoms with van der Waals surface area (Å²) < 4.78 is 0. The Balaban J connectivity index is 2.19.